The number of hydrogen-bond donors (Lipinski definition) is 0. The molecule has 0 aliphatic rings. The molecule has 0 amide bonds. The molecule has 1 aromatic carbocycles. The highest BCUT2D eigenvalue weighted by atomic mass is 19.4. The summed E-state index contributed by atoms with van der Waals surface area (Å²) in [6.45, 7) is 1.51. The molecule has 6 heteroatoms. The van der Waals surface area contributed by atoms with Gasteiger partial charge in [0, 0.05) is 13.3 Å². The summed E-state index contributed by atoms with van der Waals surface area (Å²) >= 11 is 0. The summed E-state index contributed by atoms with van der Waals surface area (Å²) in [5, 5.41) is 0. The van der Waals surface area contributed by atoms with Gasteiger partial charge in [0.2, 0.25) is 0 Å². The average molecular weight is 285 g/mol. The highest BCUT2D eigenvalue weighted by Crippen LogP contribution is 2.36. The average Bonchev–Trinajstić information content (AvgIpc) is 2.38. The minimum atomic E-state index is -4.69. The number of carbonyl (C=O) groups excluding carboxylic acids is 1. The number of allylic oxidation sites excluding steroid dienone is 1. The molecular weight excluding hydrogens is 271 g/mol. The molecule has 3 nitrogen and oxygen atoms in total. The molecule has 0 spiro atoms. The lowest BCUT2D eigenvalue weighted by Crippen LogP contribution is -2.19. The number of halogens is 3. The lowest BCUT2D eigenvalue weighted by atomic mass is 10.00. The van der Waals surface area contributed by atoms with E-state index in [1.54, 1.807) is 6.07 Å². The Morgan fingerprint density at radius 2 is 1.90 bits per heavy atom. The van der Waals surface area contributed by atoms with Crippen LogP contribution in [0.2, 0.25) is 0 Å². The largest absolute Gasteiger partial charge is 0.462 e. The predicted molar refractivity (Wildman–Crippen MR) is 70.5 cm³/mol. The van der Waals surface area contributed by atoms with Crippen LogP contribution in [-0.4, -0.2) is 32.0 Å². The van der Waals surface area contributed by atoms with Crippen molar-refractivity contribution in [2.45, 2.75) is 13.1 Å². The van der Waals surface area contributed by atoms with E-state index in [0.717, 1.165) is 6.21 Å². The van der Waals surface area contributed by atoms with Gasteiger partial charge in [0.25, 0.3) is 0 Å². The maximum atomic E-state index is 13.3. The second-order valence-electron chi connectivity index (χ2n) is 3.76. The third-order valence-corrected chi connectivity index (χ3v) is 2.37. The Bertz CT molecular complexity index is 519. The maximum Gasteiger partial charge on any atom is 0.417 e. The van der Waals surface area contributed by atoms with Gasteiger partial charge in [-0.15, -0.1) is 0 Å². The van der Waals surface area contributed by atoms with Crippen LogP contribution in [0.3, 0.4) is 0 Å². The second-order valence-corrected chi connectivity index (χ2v) is 3.76. The molecule has 20 heavy (non-hydrogen) atoms. The molecule has 0 N–H and O–H groups in total. The first-order valence-electron chi connectivity index (χ1n) is 5.88. The van der Waals surface area contributed by atoms with Crippen LogP contribution in [0.4, 0.5) is 13.2 Å². The van der Waals surface area contributed by atoms with E-state index in [4.69, 9.17) is 0 Å². The van der Waals surface area contributed by atoms with Crippen molar-refractivity contribution in [2.75, 3.05) is 13.7 Å². The lowest BCUT2D eigenvalue weighted by molar-refractivity contribution is -0.138. The minimum absolute atomic E-state index is 0.0141. The molecule has 0 heterocycles. The summed E-state index contributed by atoms with van der Waals surface area (Å²) in [6.07, 6.45) is -3.82. The molecule has 0 bridgehead atoms. The standard InChI is InChI=1S/C14H14F3NO2/c1-3-20-13(19)11(9-18-2)12(14(15,16)17)10-7-5-4-6-8-10/h4-9H,3H2,1-2H3/b12-11+,18-9?. The van der Waals surface area contributed by atoms with Crippen LogP contribution in [-0.2, 0) is 9.53 Å². The summed E-state index contributed by atoms with van der Waals surface area (Å²) in [6, 6.07) is 7.09. The van der Waals surface area contributed by atoms with Crippen LogP contribution in [0.25, 0.3) is 5.57 Å². The first-order chi connectivity index (χ1) is 9.41. The number of alkyl halides is 3. The van der Waals surface area contributed by atoms with Gasteiger partial charge in [0.05, 0.1) is 17.8 Å². The van der Waals surface area contributed by atoms with Crippen LogP contribution in [0.1, 0.15) is 12.5 Å². The molecule has 108 valence electrons. The number of ether oxygens (including phenoxy) is 1. The minimum Gasteiger partial charge on any atom is -0.462 e. The zero-order valence-corrected chi connectivity index (χ0v) is 11.1. The highest BCUT2D eigenvalue weighted by molar-refractivity contribution is 6.16. The van der Waals surface area contributed by atoms with E-state index in [1.807, 2.05) is 0 Å². The van der Waals surface area contributed by atoms with Crippen molar-refractivity contribution in [3.8, 4) is 0 Å². The first kappa shape index (κ1) is 15.9. The van der Waals surface area contributed by atoms with Crippen LogP contribution in [0.15, 0.2) is 40.9 Å². The topological polar surface area (TPSA) is 38.7 Å². The predicted octanol–water partition coefficient (Wildman–Crippen LogP) is 3.27. The summed E-state index contributed by atoms with van der Waals surface area (Å²) < 4.78 is 44.4. The van der Waals surface area contributed by atoms with Crippen LogP contribution in [0, 0.1) is 0 Å². The smallest absolute Gasteiger partial charge is 0.417 e. The molecule has 0 aromatic heterocycles. The fourth-order valence-electron chi connectivity index (χ4n) is 1.63. The molecule has 1 aromatic rings. The Labute approximate surface area is 114 Å². The second kappa shape index (κ2) is 6.88. The van der Waals surface area contributed by atoms with Crippen molar-refractivity contribution >= 4 is 17.8 Å². The molecule has 0 saturated carbocycles. The Balaban J connectivity index is 3.52. The van der Waals surface area contributed by atoms with Gasteiger partial charge >= 0.3 is 12.1 Å². The van der Waals surface area contributed by atoms with Crippen LogP contribution < -0.4 is 0 Å². The molecule has 0 unspecified atom stereocenters. The van der Waals surface area contributed by atoms with Gasteiger partial charge in [-0.05, 0) is 12.5 Å². The monoisotopic (exact) mass is 285 g/mol. The third kappa shape index (κ3) is 3.94. The van der Waals surface area contributed by atoms with E-state index in [9.17, 15) is 18.0 Å². The van der Waals surface area contributed by atoms with Gasteiger partial charge in [-0.2, -0.15) is 13.2 Å². The quantitative estimate of drug-likeness (QED) is 0.484. The Morgan fingerprint density at radius 3 is 2.35 bits per heavy atom. The van der Waals surface area contributed by atoms with Gasteiger partial charge in [-0.25, -0.2) is 4.79 Å². The number of nitrogens with zero attached hydrogens (tertiary/aromatic N) is 1. The lowest BCUT2D eigenvalue weighted by Gasteiger charge is -2.15. The fourth-order valence-corrected chi connectivity index (χ4v) is 1.63. The van der Waals surface area contributed by atoms with Gasteiger partial charge in [0.1, 0.15) is 0 Å². The van der Waals surface area contributed by atoms with E-state index < -0.39 is 23.3 Å². The number of benzene rings is 1. The Kier molecular flexibility index (Phi) is 5.49. The molecular formula is C14H14F3NO2. The van der Waals surface area contributed by atoms with Crippen molar-refractivity contribution in [1.82, 2.24) is 0 Å². The molecule has 0 aliphatic heterocycles. The van der Waals surface area contributed by atoms with Gasteiger partial charge in [-0.1, -0.05) is 30.3 Å². The number of aliphatic imine (C=N–C) groups is 1. The van der Waals surface area contributed by atoms with E-state index in [2.05, 4.69) is 9.73 Å². The summed E-state index contributed by atoms with van der Waals surface area (Å²) in [4.78, 5) is 15.2. The van der Waals surface area contributed by atoms with Gasteiger partial charge in [0.15, 0.2) is 0 Å². The molecule has 0 aliphatic carbocycles. The van der Waals surface area contributed by atoms with Gasteiger partial charge < -0.3 is 4.74 Å². The van der Waals surface area contributed by atoms with Crippen molar-refractivity contribution in [3.63, 3.8) is 0 Å². The van der Waals surface area contributed by atoms with Crippen LogP contribution >= 0.6 is 0 Å². The first-order valence-corrected chi connectivity index (χ1v) is 5.88. The van der Waals surface area contributed by atoms with Gasteiger partial charge in [-0.3, -0.25) is 4.99 Å². The number of esters is 1. The van der Waals surface area contributed by atoms with E-state index >= 15 is 0 Å². The third-order valence-electron chi connectivity index (χ3n) is 2.37. The van der Waals surface area contributed by atoms with E-state index in [1.165, 1.54) is 38.2 Å². The SMILES string of the molecule is CCOC(=O)/C(C=NC)=C(\c1ccccc1)C(F)(F)F. The van der Waals surface area contributed by atoms with Crippen molar-refractivity contribution in [3.05, 3.63) is 41.5 Å². The van der Waals surface area contributed by atoms with Crippen molar-refractivity contribution in [1.29, 1.82) is 0 Å². The summed E-state index contributed by atoms with van der Waals surface area (Å²) in [5.74, 6) is -1.05. The highest BCUT2D eigenvalue weighted by Gasteiger charge is 2.39. The Hall–Kier alpha value is -2.11. The summed E-state index contributed by atoms with van der Waals surface area (Å²) in [5.41, 5.74) is -1.77. The summed E-state index contributed by atoms with van der Waals surface area (Å²) in [7, 11) is 1.29. The fraction of sp³-hybridized carbons (Fsp3) is 0.286. The number of rotatable bonds is 4. The number of carbonyl (C=O) groups is 1. The molecule has 0 radical (unpaired) electrons. The van der Waals surface area contributed by atoms with Crippen molar-refractivity contribution in [2.24, 2.45) is 4.99 Å². The normalized spacial score (nSPS) is 13.2. The maximum absolute atomic E-state index is 13.3. The molecule has 0 atom stereocenters. The number of hydrogen-bond acceptors (Lipinski definition) is 3. The Morgan fingerprint density at radius 1 is 1.30 bits per heavy atom. The van der Waals surface area contributed by atoms with E-state index in [0.29, 0.717) is 0 Å². The van der Waals surface area contributed by atoms with E-state index in [-0.39, 0.29) is 12.2 Å². The molecule has 0 saturated heterocycles. The molecule has 0 fully saturated rings. The zero-order chi connectivity index (χ0) is 15.2. The molecule has 1 rings (SSSR count). The zero-order valence-electron chi connectivity index (χ0n) is 11.1. The van der Waals surface area contributed by atoms with Crippen molar-refractivity contribution < 1.29 is 22.7 Å². The van der Waals surface area contributed by atoms with Crippen LogP contribution in [0.5, 0.6) is 0 Å².